The smallest absolute Gasteiger partial charge is 0.267 e. The van der Waals surface area contributed by atoms with Crippen LogP contribution in [0.15, 0.2) is 35.3 Å². The molecule has 0 aliphatic carbocycles. The second-order valence-electron chi connectivity index (χ2n) is 4.03. The Morgan fingerprint density at radius 3 is 2.82 bits per heavy atom. The molecule has 0 fully saturated rings. The van der Waals surface area contributed by atoms with Gasteiger partial charge in [0.05, 0.1) is 10.1 Å². The molecule has 0 atom stereocenters. The molecule has 4 heteroatoms. The third-order valence-electron chi connectivity index (χ3n) is 2.63. The number of hydrogen-bond donors (Lipinski definition) is 0. The first-order valence-electron chi connectivity index (χ1n) is 5.35. The van der Waals surface area contributed by atoms with E-state index in [1.165, 1.54) is 5.56 Å². The lowest BCUT2D eigenvalue weighted by molar-refractivity contribution is 0.694. The summed E-state index contributed by atoms with van der Waals surface area (Å²) in [5.41, 5.74) is 2.35. The molecule has 1 aromatic carbocycles. The molecule has 88 valence electrons. The van der Waals surface area contributed by atoms with Crippen LogP contribution in [0.1, 0.15) is 17.0 Å². The van der Waals surface area contributed by atoms with Crippen LogP contribution >= 0.6 is 22.6 Å². The fourth-order valence-corrected chi connectivity index (χ4v) is 2.16. The molecule has 2 aromatic rings. The molecule has 0 radical (unpaired) electrons. The van der Waals surface area contributed by atoms with Crippen LogP contribution in [0.2, 0.25) is 0 Å². The summed E-state index contributed by atoms with van der Waals surface area (Å²) < 4.78 is 2.36. The lowest BCUT2D eigenvalue weighted by atomic mass is 10.1. The van der Waals surface area contributed by atoms with Crippen molar-refractivity contribution in [3.8, 4) is 0 Å². The van der Waals surface area contributed by atoms with Gasteiger partial charge in [0.2, 0.25) is 0 Å². The average Bonchev–Trinajstić information content (AvgIpc) is 2.30. The van der Waals surface area contributed by atoms with E-state index < -0.39 is 0 Å². The molecule has 0 amide bonds. The molecular weight excluding hydrogens is 327 g/mol. The van der Waals surface area contributed by atoms with Gasteiger partial charge < -0.3 is 0 Å². The molecule has 0 N–H and O–H groups in total. The van der Waals surface area contributed by atoms with Crippen molar-refractivity contribution in [2.45, 2.75) is 20.4 Å². The standard InChI is InChI=1S/C13H13IN2O/c1-9-4-3-5-11(6-9)8-16-10(2)15-7-12(14)13(16)17/h3-7H,8H2,1-2H3. The molecule has 0 spiro atoms. The van der Waals surface area contributed by atoms with Gasteiger partial charge in [0.25, 0.3) is 5.56 Å². The fourth-order valence-electron chi connectivity index (χ4n) is 1.73. The summed E-state index contributed by atoms with van der Waals surface area (Å²) in [6.45, 7) is 4.48. The van der Waals surface area contributed by atoms with Crippen molar-refractivity contribution in [2.24, 2.45) is 0 Å². The van der Waals surface area contributed by atoms with Crippen molar-refractivity contribution < 1.29 is 0 Å². The van der Waals surface area contributed by atoms with Crippen LogP contribution in [0.4, 0.5) is 0 Å². The van der Waals surface area contributed by atoms with Crippen molar-refractivity contribution in [3.05, 3.63) is 61.3 Å². The van der Waals surface area contributed by atoms with Crippen LogP contribution in [-0.2, 0) is 6.54 Å². The molecule has 0 bridgehead atoms. The minimum absolute atomic E-state index is 0.0274. The minimum atomic E-state index is 0.0274. The van der Waals surface area contributed by atoms with E-state index in [9.17, 15) is 4.79 Å². The summed E-state index contributed by atoms with van der Waals surface area (Å²) in [5, 5.41) is 0. The van der Waals surface area contributed by atoms with Crippen molar-refractivity contribution in [1.29, 1.82) is 0 Å². The van der Waals surface area contributed by atoms with Crippen LogP contribution in [0, 0.1) is 17.4 Å². The maximum Gasteiger partial charge on any atom is 0.267 e. The Kier molecular flexibility index (Phi) is 3.61. The quantitative estimate of drug-likeness (QED) is 0.788. The lowest BCUT2D eigenvalue weighted by Gasteiger charge is -2.09. The number of benzene rings is 1. The molecule has 1 aromatic heterocycles. The van der Waals surface area contributed by atoms with Gasteiger partial charge in [0.15, 0.2) is 0 Å². The highest BCUT2D eigenvalue weighted by Crippen LogP contribution is 2.07. The third kappa shape index (κ3) is 2.74. The maximum absolute atomic E-state index is 12.0. The van der Waals surface area contributed by atoms with E-state index in [-0.39, 0.29) is 5.56 Å². The summed E-state index contributed by atoms with van der Waals surface area (Å²) in [7, 11) is 0. The molecule has 0 aliphatic rings. The Hall–Kier alpha value is -1.17. The van der Waals surface area contributed by atoms with E-state index in [1.807, 2.05) is 54.6 Å². The van der Waals surface area contributed by atoms with Gasteiger partial charge in [-0.15, -0.1) is 0 Å². The van der Waals surface area contributed by atoms with Crippen LogP contribution < -0.4 is 5.56 Å². The number of aromatic nitrogens is 2. The third-order valence-corrected chi connectivity index (χ3v) is 3.37. The summed E-state index contributed by atoms with van der Waals surface area (Å²) >= 11 is 2.02. The zero-order valence-electron chi connectivity index (χ0n) is 9.77. The predicted octanol–water partition coefficient (Wildman–Crippen LogP) is 2.51. The van der Waals surface area contributed by atoms with Crippen LogP contribution in [-0.4, -0.2) is 9.55 Å². The highest BCUT2D eigenvalue weighted by molar-refractivity contribution is 14.1. The number of halogens is 1. The summed E-state index contributed by atoms with van der Waals surface area (Å²) in [6, 6.07) is 8.17. The van der Waals surface area contributed by atoms with Crippen molar-refractivity contribution in [3.63, 3.8) is 0 Å². The van der Waals surface area contributed by atoms with Gasteiger partial charge in [0.1, 0.15) is 5.82 Å². The first-order chi connectivity index (χ1) is 8.08. The fraction of sp³-hybridized carbons (Fsp3) is 0.231. The molecule has 0 saturated heterocycles. The molecule has 17 heavy (non-hydrogen) atoms. The largest absolute Gasteiger partial charge is 0.292 e. The first-order valence-corrected chi connectivity index (χ1v) is 6.43. The molecule has 0 aliphatic heterocycles. The zero-order valence-corrected chi connectivity index (χ0v) is 11.9. The minimum Gasteiger partial charge on any atom is -0.292 e. The second-order valence-corrected chi connectivity index (χ2v) is 5.20. The van der Waals surface area contributed by atoms with Crippen LogP contribution in [0.5, 0.6) is 0 Å². The van der Waals surface area contributed by atoms with Gasteiger partial charge in [-0.25, -0.2) is 4.98 Å². The van der Waals surface area contributed by atoms with E-state index in [2.05, 4.69) is 11.1 Å². The molecule has 0 unspecified atom stereocenters. The van der Waals surface area contributed by atoms with E-state index >= 15 is 0 Å². The van der Waals surface area contributed by atoms with Gasteiger partial charge in [0, 0.05) is 6.20 Å². The van der Waals surface area contributed by atoms with E-state index in [4.69, 9.17) is 0 Å². The van der Waals surface area contributed by atoms with Crippen molar-refractivity contribution >= 4 is 22.6 Å². The Morgan fingerprint density at radius 2 is 2.12 bits per heavy atom. The SMILES string of the molecule is Cc1cccc(Cn2c(C)ncc(I)c2=O)c1. The molecule has 2 rings (SSSR count). The van der Waals surface area contributed by atoms with E-state index in [1.54, 1.807) is 10.8 Å². The van der Waals surface area contributed by atoms with Crippen LogP contribution in [0.3, 0.4) is 0 Å². The molecular formula is C13H13IN2O. The van der Waals surface area contributed by atoms with Crippen molar-refractivity contribution in [1.82, 2.24) is 9.55 Å². The van der Waals surface area contributed by atoms with Gasteiger partial charge in [-0.3, -0.25) is 9.36 Å². The van der Waals surface area contributed by atoms with E-state index in [0.717, 1.165) is 11.4 Å². The Morgan fingerprint density at radius 1 is 1.35 bits per heavy atom. The van der Waals surface area contributed by atoms with Crippen molar-refractivity contribution in [2.75, 3.05) is 0 Å². The summed E-state index contributed by atoms with van der Waals surface area (Å²) in [6.07, 6.45) is 1.62. The molecule has 1 heterocycles. The van der Waals surface area contributed by atoms with Crippen LogP contribution in [0.25, 0.3) is 0 Å². The highest BCUT2D eigenvalue weighted by atomic mass is 127. The number of rotatable bonds is 2. The lowest BCUT2D eigenvalue weighted by Crippen LogP contribution is -2.26. The monoisotopic (exact) mass is 340 g/mol. The van der Waals surface area contributed by atoms with Gasteiger partial charge in [-0.1, -0.05) is 29.8 Å². The van der Waals surface area contributed by atoms with E-state index in [0.29, 0.717) is 10.1 Å². The normalized spacial score (nSPS) is 10.5. The average molecular weight is 340 g/mol. The Balaban J connectivity index is 2.43. The zero-order chi connectivity index (χ0) is 12.4. The van der Waals surface area contributed by atoms with Gasteiger partial charge in [-0.05, 0) is 42.0 Å². The summed E-state index contributed by atoms with van der Waals surface area (Å²) in [4.78, 5) is 16.2. The number of hydrogen-bond acceptors (Lipinski definition) is 2. The number of nitrogens with zero attached hydrogens (tertiary/aromatic N) is 2. The Labute approximate surface area is 114 Å². The Bertz CT molecular complexity index is 605. The topological polar surface area (TPSA) is 34.9 Å². The first kappa shape index (κ1) is 12.3. The maximum atomic E-state index is 12.0. The van der Waals surface area contributed by atoms with Gasteiger partial charge in [-0.2, -0.15) is 0 Å². The predicted molar refractivity (Wildman–Crippen MR) is 76.2 cm³/mol. The second kappa shape index (κ2) is 5.00. The molecule has 0 saturated carbocycles. The summed E-state index contributed by atoms with van der Waals surface area (Å²) in [5.74, 6) is 0.747. The highest BCUT2D eigenvalue weighted by Gasteiger charge is 2.05. The molecule has 3 nitrogen and oxygen atoms in total. The van der Waals surface area contributed by atoms with Gasteiger partial charge >= 0.3 is 0 Å². The number of aryl methyl sites for hydroxylation is 2.